The smallest absolute Gasteiger partial charge is 0.318 e. The number of anilines is 2. The van der Waals surface area contributed by atoms with E-state index in [0.717, 1.165) is 66.0 Å². The molecular weight excluding hydrogens is 560 g/mol. The maximum atomic E-state index is 10.6. The fourth-order valence-electron chi connectivity index (χ4n) is 9.75. The molecule has 1 aromatic heterocycles. The van der Waals surface area contributed by atoms with Gasteiger partial charge in [-0.25, -0.2) is 0 Å². The quantitative estimate of drug-likeness (QED) is 0.410. The normalized spacial score (nSPS) is 31.5. The molecule has 9 rings (SSSR count). The van der Waals surface area contributed by atoms with Crippen molar-refractivity contribution in [1.82, 2.24) is 20.2 Å². The topological polar surface area (TPSA) is 77.0 Å². The van der Waals surface area contributed by atoms with E-state index in [1.165, 1.54) is 63.5 Å². The van der Waals surface area contributed by atoms with Gasteiger partial charge in [0.2, 0.25) is 0 Å². The number of benzene rings is 2. The van der Waals surface area contributed by atoms with Crippen molar-refractivity contribution in [3.63, 3.8) is 0 Å². The summed E-state index contributed by atoms with van der Waals surface area (Å²) in [5.74, 6) is 2.15. The number of phenolic OH excluding ortho intramolecular Hbond substituents is 1. The van der Waals surface area contributed by atoms with E-state index in [0.29, 0.717) is 36.3 Å². The molecule has 5 fully saturated rings. The molecule has 5 aliphatic heterocycles. The zero-order valence-corrected chi connectivity index (χ0v) is 25.5. The Labute approximate surface area is 258 Å². The summed E-state index contributed by atoms with van der Waals surface area (Å²) < 4.78 is 6.69. The van der Waals surface area contributed by atoms with E-state index in [1.807, 2.05) is 24.3 Å². The lowest BCUT2D eigenvalue weighted by molar-refractivity contribution is 0.0829. The monoisotopic (exact) mass is 600 g/mol. The minimum atomic E-state index is 0.145. The Morgan fingerprint density at radius 2 is 1.91 bits per heavy atom. The first kappa shape index (κ1) is 26.6. The van der Waals surface area contributed by atoms with Crippen LogP contribution >= 0.6 is 11.6 Å². The van der Waals surface area contributed by atoms with Gasteiger partial charge < -0.3 is 25.0 Å². The Kier molecular flexibility index (Phi) is 6.25. The first-order valence-electron chi connectivity index (χ1n) is 16.5. The molecule has 0 amide bonds. The highest BCUT2D eigenvalue weighted by molar-refractivity contribution is 6.36. The number of nitrogens with zero attached hydrogens (tertiary/aromatic N) is 5. The Morgan fingerprint density at radius 3 is 2.79 bits per heavy atom. The van der Waals surface area contributed by atoms with Crippen molar-refractivity contribution in [1.29, 1.82) is 0 Å². The minimum Gasteiger partial charge on any atom is -0.508 e. The molecule has 3 aromatic rings. The molecule has 8 nitrogen and oxygen atoms in total. The van der Waals surface area contributed by atoms with Gasteiger partial charge in [-0.05, 0) is 81.3 Å². The number of halogens is 1. The van der Waals surface area contributed by atoms with Crippen LogP contribution in [0.25, 0.3) is 10.8 Å². The van der Waals surface area contributed by atoms with Crippen molar-refractivity contribution in [3.05, 3.63) is 46.6 Å². The molecule has 43 heavy (non-hydrogen) atoms. The fraction of sp³-hybridized carbons (Fsp3) is 0.588. The van der Waals surface area contributed by atoms with E-state index in [2.05, 4.69) is 20.0 Å². The molecule has 2 unspecified atom stereocenters. The number of hydrogen-bond acceptors (Lipinski definition) is 8. The van der Waals surface area contributed by atoms with Crippen LogP contribution in [0.1, 0.15) is 62.6 Å². The van der Waals surface area contributed by atoms with Gasteiger partial charge in [0.15, 0.2) is 0 Å². The maximum absolute atomic E-state index is 10.6. The van der Waals surface area contributed by atoms with Gasteiger partial charge in [-0.1, -0.05) is 30.2 Å². The Morgan fingerprint density at radius 1 is 1.02 bits per heavy atom. The molecule has 6 heterocycles. The highest BCUT2D eigenvalue weighted by Crippen LogP contribution is 2.51. The zero-order valence-electron chi connectivity index (χ0n) is 24.8. The number of rotatable bonds is 5. The number of fused-ring (bicyclic) bond motifs is 7. The van der Waals surface area contributed by atoms with Crippen LogP contribution in [0.15, 0.2) is 30.3 Å². The summed E-state index contributed by atoms with van der Waals surface area (Å²) in [6, 6.07) is 11.8. The van der Waals surface area contributed by atoms with Gasteiger partial charge in [-0.15, -0.1) is 0 Å². The lowest BCUT2D eigenvalue weighted by atomic mass is 9.90. The minimum absolute atomic E-state index is 0.145. The van der Waals surface area contributed by atoms with Crippen LogP contribution < -0.4 is 19.9 Å². The largest absolute Gasteiger partial charge is 0.508 e. The van der Waals surface area contributed by atoms with Gasteiger partial charge in [0.05, 0.1) is 28.5 Å². The third kappa shape index (κ3) is 4.38. The predicted molar refractivity (Wildman–Crippen MR) is 169 cm³/mol. The first-order valence-corrected chi connectivity index (χ1v) is 16.9. The molecule has 2 bridgehead atoms. The first-order chi connectivity index (χ1) is 21.0. The fourth-order valence-corrected chi connectivity index (χ4v) is 10.0. The third-order valence-electron chi connectivity index (χ3n) is 11.6. The van der Waals surface area contributed by atoms with Gasteiger partial charge in [0, 0.05) is 54.8 Å². The number of ether oxygens (including phenoxy) is 1. The van der Waals surface area contributed by atoms with E-state index in [-0.39, 0.29) is 11.3 Å². The van der Waals surface area contributed by atoms with Crippen LogP contribution in [0.3, 0.4) is 0 Å². The summed E-state index contributed by atoms with van der Waals surface area (Å²) >= 11 is 6.73. The third-order valence-corrected chi connectivity index (χ3v) is 11.9. The molecule has 0 radical (unpaired) electrons. The lowest BCUT2D eigenvalue weighted by Crippen LogP contribution is -2.52. The second-order valence-corrected chi connectivity index (χ2v) is 14.5. The number of hydrogen-bond donors (Lipinski definition) is 2. The van der Waals surface area contributed by atoms with Crippen molar-refractivity contribution in [2.24, 2.45) is 5.92 Å². The van der Waals surface area contributed by atoms with Gasteiger partial charge in [0.1, 0.15) is 18.2 Å². The number of piperazine rings is 1. The molecule has 226 valence electrons. The molecule has 2 aromatic carbocycles. The van der Waals surface area contributed by atoms with Gasteiger partial charge in [-0.3, -0.25) is 4.90 Å². The summed E-state index contributed by atoms with van der Waals surface area (Å²) in [5, 5.41) is 17.0. The van der Waals surface area contributed by atoms with Crippen molar-refractivity contribution in [3.8, 4) is 11.8 Å². The van der Waals surface area contributed by atoms with E-state index in [4.69, 9.17) is 26.3 Å². The average molecular weight is 601 g/mol. The highest BCUT2D eigenvalue weighted by atomic mass is 35.5. The summed E-state index contributed by atoms with van der Waals surface area (Å²) in [7, 11) is 0. The van der Waals surface area contributed by atoms with Crippen molar-refractivity contribution in [2.45, 2.75) is 88.0 Å². The molecule has 1 saturated carbocycles. The molecule has 6 aliphatic rings. The molecule has 2 N–H and O–H groups in total. The van der Waals surface area contributed by atoms with Crippen molar-refractivity contribution < 1.29 is 9.84 Å². The number of phenols is 1. The summed E-state index contributed by atoms with van der Waals surface area (Å²) in [5.41, 5.74) is 3.38. The van der Waals surface area contributed by atoms with E-state index in [9.17, 15) is 5.11 Å². The van der Waals surface area contributed by atoms with Gasteiger partial charge in [-0.2, -0.15) is 9.97 Å². The van der Waals surface area contributed by atoms with E-state index in [1.54, 1.807) is 6.07 Å². The van der Waals surface area contributed by atoms with E-state index >= 15 is 0 Å². The molecule has 1 aliphatic carbocycles. The Balaban J connectivity index is 1.06. The number of aromatic hydroxyl groups is 1. The number of nitrogens with one attached hydrogen (secondary N) is 1. The van der Waals surface area contributed by atoms with Gasteiger partial charge in [0.25, 0.3) is 0 Å². The second kappa shape index (κ2) is 10.1. The summed E-state index contributed by atoms with van der Waals surface area (Å²) in [4.78, 5) is 17.9. The molecular formula is C34H41ClN6O2. The SMILES string of the molecule is Oc1cc(N2CCc3c(nc(OC[C@@]45CCCN4[C@@H]4CCC[C@@H]4C5)nc3N3CC4CCC(C3)N4)C2)c2c(Cl)cccc2c1. The van der Waals surface area contributed by atoms with Crippen molar-refractivity contribution >= 4 is 33.9 Å². The summed E-state index contributed by atoms with van der Waals surface area (Å²) in [6.07, 6.45) is 11.2. The van der Waals surface area contributed by atoms with Crippen LogP contribution in [0, 0.1) is 5.92 Å². The van der Waals surface area contributed by atoms with E-state index < -0.39 is 0 Å². The Hall–Kier alpha value is -2.81. The molecule has 9 heteroatoms. The van der Waals surface area contributed by atoms with Crippen LogP contribution in [0.2, 0.25) is 5.02 Å². The van der Waals surface area contributed by atoms with Crippen molar-refractivity contribution in [2.75, 3.05) is 42.6 Å². The average Bonchev–Trinajstić information content (AvgIpc) is 3.76. The second-order valence-electron chi connectivity index (χ2n) is 14.0. The standard InChI is InChI=1S/C34H41ClN6O2/c35-27-6-1-4-21-14-25(42)15-30(31(21)27)39-13-10-26-28(19-39)37-33(38-32(26)40-17-23-8-9-24(18-40)36-23)43-20-34-11-3-12-41(34)29-7-2-5-22(29)16-34/h1,4,6,14-15,22-24,29,36,42H,2-3,5,7-13,16-20H2/t22-,23?,24?,29-,34+/m1/s1. The van der Waals surface area contributed by atoms with Crippen LogP contribution in [0.5, 0.6) is 11.8 Å². The van der Waals surface area contributed by atoms with Gasteiger partial charge >= 0.3 is 6.01 Å². The lowest BCUT2D eigenvalue weighted by Gasteiger charge is -2.38. The number of aromatic nitrogens is 2. The molecule has 5 atom stereocenters. The Bertz CT molecular complexity index is 1570. The summed E-state index contributed by atoms with van der Waals surface area (Å²) in [6.45, 7) is 5.30. The highest BCUT2D eigenvalue weighted by Gasteiger charge is 2.55. The van der Waals surface area contributed by atoms with Crippen LogP contribution in [-0.4, -0.2) is 76.4 Å². The predicted octanol–water partition coefficient (Wildman–Crippen LogP) is 5.28. The molecule has 0 spiro atoms. The van der Waals surface area contributed by atoms with Crippen LogP contribution in [0.4, 0.5) is 11.5 Å². The zero-order chi connectivity index (χ0) is 28.7. The maximum Gasteiger partial charge on any atom is 0.318 e. The van der Waals surface area contributed by atoms with Crippen LogP contribution in [-0.2, 0) is 13.0 Å². The molecule has 4 saturated heterocycles.